The van der Waals surface area contributed by atoms with Crippen molar-refractivity contribution >= 4 is 0 Å². The predicted molar refractivity (Wildman–Crippen MR) is 141 cm³/mol. The van der Waals surface area contributed by atoms with E-state index in [0.717, 1.165) is 0 Å². The molecule has 0 saturated heterocycles. The van der Waals surface area contributed by atoms with Crippen LogP contribution in [0.4, 0.5) is 0 Å². The van der Waals surface area contributed by atoms with Crippen LogP contribution in [0.15, 0.2) is 91.8 Å². The third-order valence-corrected chi connectivity index (χ3v) is 4.35. The number of nitrogens with zero attached hydrogens (tertiary/aromatic N) is 5. The smallest absolute Gasteiger partial charge is 0.0267 e. The van der Waals surface area contributed by atoms with E-state index in [1.165, 1.54) is 0 Å². The molecule has 5 nitrogen and oxygen atoms in total. The molecule has 3 aromatic heterocycles. The molecule has 0 N–H and O–H groups in total. The van der Waals surface area contributed by atoms with Crippen LogP contribution in [0.2, 0.25) is 0 Å². The monoisotopic (exact) mass is 556 g/mol. The molecule has 0 amide bonds. The Morgan fingerprint density at radius 3 is 0.706 bits per heavy atom. The van der Waals surface area contributed by atoms with Crippen molar-refractivity contribution in [3.63, 3.8) is 0 Å². The van der Waals surface area contributed by atoms with Crippen LogP contribution in [0.1, 0.15) is 55.4 Å². The van der Waals surface area contributed by atoms with Crippen LogP contribution in [0, 0.1) is 6.67 Å². The van der Waals surface area contributed by atoms with E-state index in [2.05, 4.69) is 86.8 Å². The summed E-state index contributed by atoms with van der Waals surface area (Å²) in [6.07, 6.45) is 10.5. The topological polar surface area (TPSA) is 45.2 Å². The molecule has 0 atom stereocenters. The molecule has 3 aromatic rings. The Labute approximate surface area is 222 Å². The minimum Gasteiger partial charge on any atom is -0.438 e. The molecule has 0 unspecified atom stereocenters. The van der Waals surface area contributed by atoms with E-state index in [4.69, 9.17) is 0 Å². The van der Waals surface area contributed by atoms with Crippen LogP contribution < -0.4 is 0 Å². The Hall–Kier alpha value is -1.97. The number of pyridine rings is 3. The first-order chi connectivity index (χ1) is 15.8. The van der Waals surface area contributed by atoms with Gasteiger partial charge in [-0.1, -0.05) is 73.6 Å². The second-order valence-corrected chi connectivity index (χ2v) is 8.46. The molecule has 34 heavy (non-hydrogen) atoms. The number of aromatic nitrogens is 3. The van der Waals surface area contributed by atoms with Gasteiger partial charge in [0.15, 0.2) is 0 Å². The molecular formula is C28H44N5Pd-. The Kier molecular flexibility index (Phi) is 22.9. The van der Waals surface area contributed by atoms with Crippen LogP contribution in [0.3, 0.4) is 0 Å². The molecule has 0 aliphatic carbocycles. The summed E-state index contributed by atoms with van der Waals surface area (Å²) in [5.41, 5.74) is 0. The van der Waals surface area contributed by atoms with Crippen molar-refractivity contribution < 1.29 is 20.4 Å². The van der Waals surface area contributed by atoms with Crippen LogP contribution in [-0.2, 0) is 20.4 Å². The zero-order valence-electron chi connectivity index (χ0n) is 22.1. The van der Waals surface area contributed by atoms with Gasteiger partial charge in [-0.25, -0.2) is 6.67 Å². The van der Waals surface area contributed by atoms with Gasteiger partial charge in [-0.3, -0.25) is 15.0 Å². The first-order valence-electron chi connectivity index (χ1n) is 11.7. The molecule has 0 radical (unpaired) electrons. The van der Waals surface area contributed by atoms with Gasteiger partial charge in [0.25, 0.3) is 0 Å². The summed E-state index contributed by atoms with van der Waals surface area (Å²) in [4.78, 5) is 16.2. The van der Waals surface area contributed by atoms with Crippen molar-refractivity contribution in [1.82, 2.24) is 24.8 Å². The Balaban J connectivity index is 0. The summed E-state index contributed by atoms with van der Waals surface area (Å²) < 4.78 is 0. The van der Waals surface area contributed by atoms with Crippen LogP contribution in [0.25, 0.3) is 0 Å². The number of rotatable bonds is 6. The largest absolute Gasteiger partial charge is 0.438 e. The van der Waals surface area contributed by atoms with Crippen LogP contribution in [0.5, 0.6) is 0 Å². The fourth-order valence-electron chi connectivity index (χ4n) is 2.82. The maximum atomic E-state index is 3.78. The quantitative estimate of drug-likeness (QED) is 0.253. The van der Waals surface area contributed by atoms with E-state index >= 15 is 0 Å². The third kappa shape index (κ3) is 19.5. The minimum atomic E-state index is 0. The minimum absolute atomic E-state index is 0. The second-order valence-electron chi connectivity index (χ2n) is 8.46. The molecule has 0 aromatic carbocycles. The van der Waals surface area contributed by atoms with E-state index in [9.17, 15) is 0 Å². The second kappa shape index (κ2) is 22.8. The van der Waals surface area contributed by atoms with Crippen molar-refractivity contribution in [2.45, 2.75) is 79.6 Å². The molecule has 0 saturated carbocycles. The molecule has 0 fully saturated rings. The average Bonchev–Trinajstić information content (AvgIpc) is 2.83. The van der Waals surface area contributed by atoms with Crippen molar-refractivity contribution in [3.8, 4) is 0 Å². The summed E-state index contributed by atoms with van der Waals surface area (Å²) in [5.74, 6) is 0. The first kappa shape index (κ1) is 34.2. The van der Waals surface area contributed by atoms with Gasteiger partial charge in [0.2, 0.25) is 0 Å². The van der Waals surface area contributed by atoms with Gasteiger partial charge in [-0.05, 0) is 60.6 Å². The molecule has 0 bridgehead atoms. The Morgan fingerprint density at radius 1 is 0.412 bits per heavy atom. The summed E-state index contributed by atoms with van der Waals surface area (Å²) in [6, 6.07) is 19.4. The molecular weight excluding hydrogens is 513 g/mol. The predicted octanol–water partition coefficient (Wildman–Crippen LogP) is 6.59. The van der Waals surface area contributed by atoms with Gasteiger partial charge in [-0.2, -0.15) is 0 Å². The van der Waals surface area contributed by atoms with E-state index < -0.39 is 0 Å². The van der Waals surface area contributed by atoms with E-state index in [-0.39, 0.29) is 20.4 Å². The van der Waals surface area contributed by atoms with Crippen molar-refractivity contribution in [3.05, 3.63) is 98.4 Å². The Morgan fingerprint density at radius 2 is 0.618 bits per heavy atom. The van der Waals surface area contributed by atoms with Crippen molar-refractivity contribution in [2.24, 2.45) is 0 Å². The third-order valence-electron chi connectivity index (χ3n) is 4.35. The van der Waals surface area contributed by atoms with Gasteiger partial charge in [0.05, 0.1) is 0 Å². The summed E-state index contributed by atoms with van der Waals surface area (Å²) in [5, 5.41) is 0. The fraction of sp³-hybridized carbons (Fsp3) is 0.429. The molecule has 3 rings (SSSR count). The van der Waals surface area contributed by atoms with Crippen LogP contribution in [-0.4, -0.2) is 48.9 Å². The van der Waals surface area contributed by atoms with E-state index in [1.54, 1.807) is 37.2 Å². The molecule has 192 valence electrons. The van der Waals surface area contributed by atoms with Crippen molar-refractivity contribution in [2.75, 3.05) is 0 Å². The van der Waals surface area contributed by atoms with Gasteiger partial charge in [0, 0.05) is 57.6 Å². The Bertz CT molecular complexity index is 552. The number of hydrogen-bond acceptors (Lipinski definition) is 5. The first-order valence-corrected chi connectivity index (χ1v) is 11.7. The van der Waals surface area contributed by atoms with Gasteiger partial charge >= 0.3 is 0 Å². The van der Waals surface area contributed by atoms with Crippen molar-refractivity contribution in [1.29, 1.82) is 0 Å². The molecule has 0 aliphatic heterocycles. The summed E-state index contributed by atoms with van der Waals surface area (Å²) in [7, 11) is 0. The SMILES string of the molecule is CC(C)N([CH-]N(C(C)C)C(C)C)C(C)C.[Pd].c1ccncc1.c1ccncc1.c1ccncc1. The molecule has 0 spiro atoms. The fourth-order valence-corrected chi connectivity index (χ4v) is 2.82. The van der Waals surface area contributed by atoms with Gasteiger partial charge < -0.3 is 9.80 Å². The zero-order valence-corrected chi connectivity index (χ0v) is 23.7. The molecule has 6 heteroatoms. The van der Waals surface area contributed by atoms with E-state index in [0.29, 0.717) is 24.2 Å². The van der Waals surface area contributed by atoms with Crippen LogP contribution >= 0.6 is 0 Å². The number of hydrogen-bond donors (Lipinski definition) is 0. The summed E-state index contributed by atoms with van der Waals surface area (Å²) in [6.45, 7) is 20.3. The van der Waals surface area contributed by atoms with Gasteiger partial charge in [-0.15, -0.1) is 0 Å². The van der Waals surface area contributed by atoms with E-state index in [1.807, 2.05) is 54.6 Å². The summed E-state index contributed by atoms with van der Waals surface area (Å²) >= 11 is 0. The molecule has 0 aliphatic rings. The standard InChI is InChI=1S/C13H29N2.3C5H5N.Pd/c1-10(2)14(11(3)4)9-15(12(5)6)13(7)8;3*1-2-4-6-5-3-1;/h9-13H,1-8H3;3*1-5H;/q-1;;;;. The maximum absolute atomic E-state index is 3.78. The van der Waals surface area contributed by atoms with Gasteiger partial charge in [0.1, 0.15) is 0 Å². The average molecular weight is 557 g/mol. The zero-order chi connectivity index (χ0) is 24.9. The normalized spacial score (nSPS) is 10.1. The maximum Gasteiger partial charge on any atom is 0.0267 e. The molecule has 3 heterocycles.